The molecule has 1 atom stereocenters. The van der Waals surface area contributed by atoms with Crippen LogP contribution in [-0.4, -0.2) is 31.6 Å². The Kier molecular flexibility index (Phi) is 1.87. The Morgan fingerprint density at radius 1 is 1.36 bits per heavy atom. The minimum atomic E-state index is -0.280. The molecule has 3 heteroatoms. The first kappa shape index (κ1) is 7.53. The van der Waals surface area contributed by atoms with Crippen molar-refractivity contribution in [2.75, 3.05) is 19.8 Å². The van der Waals surface area contributed by atoms with Gasteiger partial charge in [0, 0.05) is 13.0 Å². The predicted molar refractivity (Wildman–Crippen MR) is 41.3 cm³/mol. The molecule has 11 heavy (non-hydrogen) atoms. The maximum absolute atomic E-state index is 5.65. The van der Waals surface area contributed by atoms with E-state index in [4.69, 9.17) is 9.47 Å². The van der Waals surface area contributed by atoms with Crippen molar-refractivity contribution < 1.29 is 9.47 Å². The second-order valence-electron chi connectivity index (χ2n) is 3.29. The van der Waals surface area contributed by atoms with E-state index in [2.05, 4.69) is 12.2 Å². The Bertz CT molecular complexity index is 143. The molecule has 0 bridgehead atoms. The summed E-state index contributed by atoms with van der Waals surface area (Å²) in [6.45, 7) is 4.84. The lowest BCUT2D eigenvalue weighted by Crippen LogP contribution is -2.48. The zero-order valence-electron chi connectivity index (χ0n) is 6.93. The normalized spacial score (nSPS) is 36.3. The van der Waals surface area contributed by atoms with Crippen molar-refractivity contribution in [1.82, 2.24) is 5.32 Å². The van der Waals surface area contributed by atoms with Gasteiger partial charge >= 0.3 is 0 Å². The Morgan fingerprint density at radius 3 is 2.64 bits per heavy atom. The van der Waals surface area contributed by atoms with Crippen LogP contribution in [0.1, 0.15) is 19.8 Å². The van der Waals surface area contributed by atoms with Crippen LogP contribution in [0, 0.1) is 0 Å². The first-order valence-electron chi connectivity index (χ1n) is 4.35. The Morgan fingerprint density at radius 2 is 2.09 bits per heavy atom. The van der Waals surface area contributed by atoms with E-state index in [1.807, 2.05) is 0 Å². The van der Waals surface area contributed by atoms with E-state index in [9.17, 15) is 0 Å². The molecule has 2 heterocycles. The minimum Gasteiger partial charge on any atom is -0.348 e. The standard InChI is InChI=1S/C8H15NO2/c1-7-8(3-4-9-7)10-5-2-6-11-8/h7,9H,2-6H2,1H3. The topological polar surface area (TPSA) is 30.5 Å². The average Bonchev–Trinajstić information content (AvgIpc) is 2.36. The summed E-state index contributed by atoms with van der Waals surface area (Å²) in [4.78, 5) is 0. The summed E-state index contributed by atoms with van der Waals surface area (Å²) in [5.41, 5.74) is 0. The monoisotopic (exact) mass is 157 g/mol. The van der Waals surface area contributed by atoms with Crippen molar-refractivity contribution >= 4 is 0 Å². The highest BCUT2D eigenvalue weighted by molar-refractivity contribution is 4.90. The number of ether oxygens (including phenoxy) is 2. The molecule has 2 rings (SSSR count). The summed E-state index contributed by atoms with van der Waals surface area (Å²) < 4.78 is 11.3. The Labute approximate surface area is 67.1 Å². The van der Waals surface area contributed by atoms with E-state index < -0.39 is 0 Å². The summed E-state index contributed by atoms with van der Waals surface area (Å²) in [7, 11) is 0. The van der Waals surface area contributed by atoms with E-state index >= 15 is 0 Å². The fraction of sp³-hybridized carbons (Fsp3) is 1.00. The van der Waals surface area contributed by atoms with Crippen LogP contribution >= 0.6 is 0 Å². The minimum absolute atomic E-state index is 0.280. The molecule has 1 N–H and O–H groups in total. The van der Waals surface area contributed by atoms with Crippen LogP contribution in [0.25, 0.3) is 0 Å². The molecule has 0 aromatic rings. The number of nitrogens with one attached hydrogen (secondary N) is 1. The quantitative estimate of drug-likeness (QED) is 0.555. The van der Waals surface area contributed by atoms with Crippen LogP contribution in [-0.2, 0) is 9.47 Å². The summed E-state index contributed by atoms with van der Waals surface area (Å²) in [6, 6.07) is 0.350. The van der Waals surface area contributed by atoms with Crippen LogP contribution in [0.5, 0.6) is 0 Å². The summed E-state index contributed by atoms with van der Waals surface area (Å²) in [5.74, 6) is -0.280. The van der Waals surface area contributed by atoms with Gasteiger partial charge in [0.25, 0.3) is 0 Å². The van der Waals surface area contributed by atoms with Gasteiger partial charge in [-0.1, -0.05) is 0 Å². The zero-order chi connectivity index (χ0) is 7.73. The number of rotatable bonds is 0. The van der Waals surface area contributed by atoms with Gasteiger partial charge < -0.3 is 14.8 Å². The average molecular weight is 157 g/mol. The Hall–Kier alpha value is -0.120. The van der Waals surface area contributed by atoms with Crippen molar-refractivity contribution in [3.63, 3.8) is 0 Å². The highest BCUT2D eigenvalue weighted by Gasteiger charge is 2.43. The third-order valence-electron chi connectivity index (χ3n) is 2.57. The van der Waals surface area contributed by atoms with Gasteiger partial charge in [-0.25, -0.2) is 0 Å². The maximum atomic E-state index is 5.65. The van der Waals surface area contributed by atoms with Crippen molar-refractivity contribution in [2.24, 2.45) is 0 Å². The molecule has 2 aliphatic heterocycles. The summed E-state index contributed by atoms with van der Waals surface area (Å²) in [5, 5.41) is 3.33. The van der Waals surface area contributed by atoms with Gasteiger partial charge in [0.15, 0.2) is 5.79 Å². The van der Waals surface area contributed by atoms with Gasteiger partial charge in [-0.05, 0) is 13.3 Å². The lowest BCUT2D eigenvalue weighted by molar-refractivity contribution is -0.267. The maximum Gasteiger partial charge on any atom is 0.184 e. The van der Waals surface area contributed by atoms with E-state index in [1.165, 1.54) is 0 Å². The summed E-state index contributed by atoms with van der Waals surface area (Å²) in [6.07, 6.45) is 2.03. The molecule has 1 unspecified atom stereocenters. The molecule has 0 aliphatic carbocycles. The molecule has 2 aliphatic rings. The van der Waals surface area contributed by atoms with Crippen LogP contribution in [0.4, 0.5) is 0 Å². The van der Waals surface area contributed by atoms with Gasteiger partial charge in [-0.3, -0.25) is 0 Å². The number of hydrogen-bond acceptors (Lipinski definition) is 3. The zero-order valence-corrected chi connectivity index (χ0v) is 6.93. The third-order valence-corrected chi connectivity index (χ3v) is 2.57. The largest absolute Gasteiger partial charge is 0.348 e. The molecule has 64 valence electrons. The van der Waals surface area contributed by atoms with Gasteiger partial charge in [-0.2, -0.15) is 0 Å². The second-order valence-corrected chi connectivity index (χ2v) is 3.29. The van der Waals surface area contributed by atoms with Crippen molar-refractivity contribution in [2.45, 2.75) is 31.6 Å². The first-order chi connectivity index (χ1) is 5.33. The molecule has 0 saturated carbocycles. The first-order valence-corrected chi connectivity index (χ1v) is 4.35. The fourth-order valence-electron chi connectivity index (χ4n) is 1.82. The van der Waals surface area contributed by atoms with Gasteiger partial charge in [-0.15, -0.1) is 0 Å². The van der Waals surface area contributed by atoms with E-state index in [-0.39, 0.29) is 5.79 Å². The molecule has 0 amide bonds. The molecule has 2 fully saturated rings. The molecule has 2 saturated heterocycles. The van der Waals surface area contributed by atoms with E-state index in [0.717, 1.165) is 32.6 Å². The van der Waals surface area contributed by atoms with Gasteiger partial charge in [0.1, 0.15) is 0 Å². The van der Waals surface area contributed by atoms with Crippen molar-refractivity contribution in [1.29, 1.82) is 0 Å². The third kappa shape index (κ3) is 1.17. The number of hydrogen-bond donors (Lipinski definition) is 1. The molecule has 0 aromatic carbocycles. The van der Waals surface area contributed by atoms with Crippen LogP contribution in [0.3, 0.4) is 0 Å². The second kappa shape index (κ2) is 2.73. The van der Waals surface area contributed by atoms with Crippen molar-refractivity contribution in [3.05, 3.63) is 0 Å². The Balaban J connectivity index is 2.06. The van der Waals surface area contributed by atoms with Gasteiger partial charge in [0.05, 0.1) is 19.3 Å². The van der Waals surface area contributed by atoms with Crippen molar-refractivity contribution in [3.8, 4) is 0 Å². The molecule has 0 radical (unpaired) electrons. The molecule has 0 aromatic heterocycles. The smallest absolute Gasteiger partial charge is 0.184 e. The highest BCUT2D eigenvalue weighted by atomic mass is 16.7. The lowest BCUT2D eigenvalue weighted by Gasteiger charge is -2.36. The lowest BCUT2D eigenvalue weighted by atomic mass is 10.1. The molecular formula is C8H15NO2. The predicted octanol–water partition coefficient (Wildman–Crippen LogP) is 0.501. The van der Waals surface area contributed by atoms with E-state index in [0.29, 0.717) is 6.04 Å². The molecule has 1 spiro atoms. The fourth-order valence-corrected chi connectivity index (χ4v) is 1.82. The summed E-state index contributed by atoms with van der Waals surface area (Å²) >= 11 is 0. The highest BCUT2D eigenvalue weighted by Crippen LogP contribution is 2.29. The van der Waals surface area contributed by atoms with Crippen LogP contribution in [0.15, 0.2) is 0 Å². The van der Waals surface area contributed by atoms with E-state index in [1.54, 1.807) is 0 Å². The van der Waals surface area contributed by atoms with Crippen LogP contribution in [0.2, 0.25) is 0 Å². The molecular weight excluding hydrogens is 142 g/mol. The molecule has 3 nitrogen and oxygen atoms in total. The van der Waals surface area contributed by atoms with Gasteiger partial charge in [0.2, 0.25) is 0 Å². The SMILES string of the molecule is CC1NCCC12OCCCO2. The van der Waals surface area contributed by atoms with Crippen LogP contribution < -0.4 is 5.32 Å².